The number of aromatic nitrogens is 5. The highest BCUT2D eigenvalue weighted by molar-refractivity contribution is 6.50. The summed E-state index contributed by atoms with van der Waals surface area (Å²) in [7, 11) is 0. The van der Waals surface area contributed by atoms with Gasteiger partial charge >= 0.3 is 0 Å². The van der Waals surface area contributed by atoms with Gasteiger partial charge in [0.2, 0.25) is 0 Å². The maximum Gasteiger partial charge on any atom is 0.265 e. The van der Waals surface area contributed by atoms with Gasteiger partial charge in [0.25, 0.3) is 5.56 Å². The second kappa shape index (κ2) is 7.49. The summed E-state index contributed by atoms with van der Waals surface area (Å²) in [6.45, 7) is 1.95. The van der Waals surface area contributed by atoms with E-state index in [2.05, 4.69) is 63.5 Å². The molecular formula is C38H19N5O. The zero-order valence-corrected chi connectivity index (χ0v) is 23.4. The van der Waals surface area contributed by atoms with E-state index in [0.29, 0.717) is 11.0 Å². The van der Waals surface area contributed by atoms with E-state index in [9.17, 15) is 4.79 Å². The Morgan fingerprint density at radius 3 is 1.77 bits per heavy atom. The number of hydrogen-bond donors (Lipinski definition) is 0. The molecule has 0 aliphatic carbocycles. The zero-order valence-electron chi connectivity index (χ0n) is 23.4. The van der Waals surface area contributed by atoms with Crippen molar-refractivity contribution in [3.8, 4) is 22.3 Å². The van der Waals surface area contributed by atoms with Crippen LogP contribution < -0.4 is 5.56 Å². The van der Waals surface area contributed by atoms with Crippen LogP contribution in [0.1, 0.15) is 5.69 Å². The molecule has 0 aliphatic heterocycles. The van der Waals surface area contributed by atoms with Gasteiger partial charge in [0.05, 0.1) is 22.6 Å². The van der Waals surface area contributed by atoms with Crippen molar-refractivity contribution in [2.75, 3.05) is 0 Å². The van der Waals surface area contributed by atoms with Crippen molar-refractivity contribution < 1.29 is 0 Å². The Labute approximate surface area is 248 Å². The third-order valence-corrected chi connectivity index (χ3v) is 9.72. The molecule has 0 atom stereocenters. The third-order valence-electron chi connectivity index (χ3n) is 9.72. The van der Waals surface area contributed by atoms with Crippen LogP contribution in [-0.4, -0.2) is 24.3 Å². The van der Waals surface area contributed by atoms with Crippen LogP contribution in [-0.2, 0) is 0 Å². The normalized spacial score (nSPS) is 12.8. The number of pyridine rings is 3. The number of aryl methyl sites for hydroxylation is 1. The molecule has 0 saturated heterocycles. The third kappa shape index (κ3) is 2.49. The first-order chi connectivity index (χ1) is 21.7. The van der Waals surface area contributed by atoms with Gasteiger partial charge < -0.3 is 0 Å². The molecule has 0 aliphatic rings. The summed E-state index contributed by atoms with van der Waals surface area (Å²) >= 11 is 0. The first kappa shape index (κ1) is 22.6. The smallest absolute Gasteiger partial charge is 0.265 e. The molecule has 202 valence electrons. The Morgan fingerprint density at radius 1 is 0.591 bits per heavy atom. The van der Waals surface area contributed by atoms with Crippen molar-refractivity contribution in [2.24, 2.45) is 0 Å². The van der Waals surface area contributed by atoms with Crippen LogP contribution in [0.3, 0.4) is 0 Å². The average molecular weight is 562 g/mol. The molecule has 11 rings (SSSR count). The lowest BCUT2D eigenvalue weighted by atomic mass is 9.89. The number of benzene rings is 5. The predicted molar refractivity (Wildman–Crippen MR) is 178 cm³/mol. The maximum absolute atomic E-state index is 14.7. The monoisotopic (exact) mass is 561 g/mol. The molecule has 44 heavy (non-hydrogen) atoms. The molecule has 0 saturated carbocycles. The molecule has 6 aromatic carbocycles. The van der Waals surface area contributed by atoms with Crippen LogP contribution in [0, 0.1) is 6.92 Å². The Balaban J connectivity index is 1.50. The van der Waals surface area contributed by atoms with Crippen molar-refractivity contribution in [1.29, 1.82) is 0 Å². The van der Waals surface area contributed by atoms with Crippen molar-refractivity contribution in [2.45, 2.75) is 6.92 Å². The van der Waals surface area contributed by atoms with E-state index in [-0.39, 0.29) is 5.56 Å². The lowest BCUT2D eigenvalue weighted by molar-refractivity contribution is 1.17. The van der Waals surface area contributed by atoms with Crippen molar-refractivity contribution in [3.63, 3.8) is 0 Å². The summed E-state index contributed by atoms with van der Waals surface area (Å²) in [6, 6.07) is 23.6. The minimum Gasteiger partial charge on any atom is -0.268 e. The van der Waals surface area contributed by atoms with Crippen LogP contribution in [0.5, 0.6) is 0 Å². The Hall–Kier alpha value is -6.01. The van der Waals surface area contributed by atoms with Crippen LogP contribution in [0.4, 0.5) is 0 Å². The van der Waals surface area contributed by atoms with Crippen molar-refractivity contribution in [3.05, 3.63) is 114 Å². The van der Waals surface area contributed by atoms with Gasteiger partial charge in [-0.2, -0.15) is 0 Å². The van der Waals surface area contributed by atoms with Gasteiger partial charge in [-0.1, -0.05) is 24.3 Å². The first-order valence-corrected chi connectivity index (χ1v) is 14.7. The Morgan fingerprint density at radius 2 is 1.16 bits per heavy atom. The first-order valence-electron chi connectivity index (χ1n) is 14.7. The summed E-state index contributed by atoms with van der Waals surface area (Å²) in [4.78, 5) is 32.9. The molecule has 0 N–H and O–H groups in total. The summed E-state index contributed by atoms with van der Waals surface area (Å²) in [5.74, 6) is 0. The number of nitrogens with zero attached hydrogens (tertiary/aromatic N) is 5. The lowest BCUT2D eigenvalue weighted by Crippen LogP contribution is -2.06. The number of hydrogen-bond acceptors (Lipinski definition) is 5. The van der Waals surface area contributed by atoms with E-state index in [4.69, 9.17) is 4.98 Å². The molecule has 11 aromatic rings. The number of rotatable bonds is 2. The molecule has 6 heteroatoms. The summed E-state index contributed by atoms with van der Waals surface area (Å²) < 4.78 is 1.77. The van der Waals surface area contributed by atoms with Crippen molar-refractivity contribution in [1.82, 2.24) is 24.3 Å². The van der Waals surface area contributed by atoms with E-state index >= 15 is 0 Å². The van der Waals surface area contributed by atoms with Crippen molar-refractivity contribution >= 4 is 81.3 Å². The molecule has 0 bridgehead atoms. The minimum atomic E-state index is -0.0567. The summed E-state index contributed by atoms with van der Waals surface area (Å²) in [6.07, 6.45) is 9.11. The molecule has 0 amide bonds. The van der Waals surface area contributed by atoms with Crippen LogP contribution in [0.2, 0.25) is 0 Å². The minimum absolute atomic E-state index is 0.0567. The topological polar surface area (TPSA) is 73.0 Å². The Bertz CT molecular complexity index is 3000. The molecular weight excluding hydrogens is 542 g/mol. The van der Waals surface area contributed by atoms with E-state index in [1.165, 1.54) is 37.7 Å². The zero-order chi connectivity index (χ0) is 28.8. The van der Waals surface area contributed by atoms with Gasteiger partial charge in [0.1, 0.15) is 5.65 Å². The summed E-state index contributed by atoms with van der Waals surface area (Å²) in [5.41, 5.74) is 7.39. The quantitative estimate of drug-likeness (QED) is 0.198. The number of imidazole rings is 1. The van der Waals surface area contributed by atoms with E-state index in [0.717, 1.165) is 60.5 Å². The average Bonchev–Trinajstić information content (AvgIpc) is 3.71. The molecule has 0 unspecified atom stereocenters. The van der Waals surface area contributed by atoms with Gasteiger partial charge in [-0.25, -0.2) is 4.98 Å². The molecule has 6 nitrogen and oxygen atoms in total. The molecule has 0 fully saturated rings. The highest BCUT2D eigenvalue weighted by Crippen LogP contribution is 2.54. The molecule has 0 radical (unpaired) electrons. The van der Waals surface area contributed by atoms with Crippen LogP contribution >= 0.6 is 0 Å². The fourth-order valence-electron chi connectivity index (χ4n) is 7.99. The van der Waals surface area contributed by atoms with Gasteiger partial charge in [-0.05, 0) is 126 Å². The molecule has 5 aromatic heterocycles. The fourth-order valence-corrected chi connectivity index (χ4v) is 7.99. The van der Waals surface area contributed by atoms with Crippen LogP contribution in [0.25, 0.3) is 104 Å². The number of fused-ring (bicyclic) bond motifs is 7. The standard InChI is InChI=1S/C38H19N5O/c1-18-14-28-29(17-41-18)43-37(42-28)35-26-15-24(19-6-10-39-11-7-19)22-4-2-21-3-5-23-25(20-8-12-40-13-9-20)16-27(36(35)38(43)44)34-32(23)30(21)31(22)33(26)34/h2-17H,1H3. The van der Waals surface area contributed by atoms with Gasteiger partial charge in [-0.15, -0.1) is 0 Å². The Kier molecular flexibility index (Phi) is 3.84. The van der Waals surface area contributed by atoms with E-state index < -0.39 is 0 Å². The summed E-state index contributed by atoms with van der Waals surface area (Å²) in [5, 5.41) is 13.3. The van der Waals surface area contributed by atoms with Gasteiger partial charge in [0, 0.05) is 35.9 Å². The van der Waals surface area contributed by atoms with Gasteiger partial charge in [-0.3, -0.25) is 24.1 Å². The highest BCUT2D eigenvalue weighted by atomic mass is 16.1. The SMILES string of the molecule is Cc1cc2nc3c4c5cc(-c6ccncc6)c6ccc7ccc8c(-c9ccncc9)cc(c4c(=O)n3c2cn1)c1c8c7c6c51. The highest BCUT2D eigenvalue weighted by Gasteiger charge is 2.29. The predicted octanol–water partition coefficient (Wildman–Crippen LogP) is 8.35. The fraction of sp³-hybridized carbons (Fsp3) is 0.0263. The largest absolute Gasteiger partial charge is 0.268 e. The molecule has 0 spiro atoms. The molecule has 5 heterocycles. The van der Waals surface area contributed by atoms with Crippen LogP contribution in [0.15, 0.2) is 103 Å². The van der Waals surface area contributed by atoms with Gasteiger partial charge in [0.15, 0.2) is 0 Å². The second-order valence-electron chi connectivity index (χ2n) is 11.9. The van der Waals surface area contributed by atoms with E-state index in [1.54, 1.807) is 10.6 Å². The second-order valence-corrected chi connectivity index (χ2v) is 11.9. The maximum atomic E-state index is 14.7. The lowest BCUT2D eigenvalue weighted by Gasteiger charge is -2.13. The van der Waals surface area contributed by atoms with E-state index in [1.807, 2.05) is 49.9 Å².